The van der Waals surface area contributed by atoms with Crippen molar-refractivity contribution in [1.29, 1.82) is 0 Å². The number of furan rings is 1. The van der Waals surface area contributed by atoms with Crippen LogP contribution in [-0.4, -0.2) is 0 Å². The van der Waals surface area contributed by atoms with Gasteiger partial charge in [-0.25, -0.2) is 0 Å². The van der Waals surface area contributed by atoms with Gasteiger partial charge in [0.05, 0.1) is 11.4 Å². The molecule has 62 heavy (non-hydrogen) atoms. The summed E-state index contributed by atoms with van der Waals surface area (Å²) in [4.78, 5) is 2.53. The molecule has 0 bridgehead atoms. The zero-order valence-electron chi connectivity index (χ0n) is 37.1. The maximum atomic E-state index is 6.26. The van der Waals surface area contributed by atoms with Crippen LogP contribution >= 0.6 is 0 Å². The molecule has 0 N–H and O–H groups in total. The highest BCUT2D eigenvalue weighted by atomic mass is 16.3. The van der Waals surface area contributed by atoms with E-state index in [0.29, 0.717) is 5.92 Å². The molecule has 1 aliphatic rings. The summed E-state index contributed by atoms with van der Waals surface area (Å²) in [7, 11) is 0. The topological polar surface area (TPSA) is 16.4 Å². The Balaban J connectivity index is 1.22. The number of anilines is 3. The van der Waals surface area contributed by atoms with Gasteiger partial charge in [-0.15, -0.1) is 0 Å². The second-order valence-corrected chi connectivity index (χ2v) is 19.6. The zero-order valence-corrected chi connectivity index (χ0v) is 37.1. The number of nitrogens with zero attached hydrogens (tertiary/aromatic N) is 1. The predicted octanol–water partition coefficient (Wildman–Crippen LogP) is 17.9. The number of hydrogen-bond donors (Lipinski definition) is 0. The highest BCUT2D eigenvalue weighted by Crippen LogP contribution is 2.49. The molecule has 8 aromatic carbocycles. The molecular weight excluding hydrogens is 751 g/mol. The summed E-state index contributed by atoms with van der Waals surface area (Å²) < 4.78 is 6.26. The lowest BCUT2D eigenvalue weighted by molar-refractivity contribution is 0.445. The normalized spacial score (nSPS) is 13.9. The molecule has 0 unspecified atom stereocenters. The molecule has 2 heteroatoms. The molecule has 1 saturated carbocycles. The van der Waals surface area contributed by atoms with Crippen LogP contribution in [0.3, 0.4) is 0 Å². The quantitative estimate of drug-likeness (QED) is 0.159. The minimum Gasteiger partial charge on any atom is -0.456 e. The van der Waals surface area contributed by atoms with Gasteiger partial charge < -0.3 is 9.32 Å². The lowest BCUT2D eigenvalue weighted by atomic mass is 9.78. The van der Waals surface area contributed by atoms with Crippen molar-refractivity contribution in [3.05, 3.63) is 187 Å². The summed E-state index contributed by atoms with van der Waals surface area (Å²) in [6, 6.07) is 63.4. The fraction of sp³-hybridized carbons (Fsp3) is 0.233. The van der Waals surface area contributed by atoms with Crippen LogP contribution in [0.2, 0.25) is 0 Å². The van der Waals surface area contributed by atoms with Crippen LogP contribution < -0.4 is 4.90 Å². The Labute approximate surface area is 367 Å². The van der Waals surface area contributed by atoms with Crippen molar-refractivity contribution >= 4 is 49.8 Å². The van der Waals surface area contributed by atoms with E-state index in [9.17, 15) is 0 Å². The van der Waals surface area contributed by atoms with Gasteiger partial charge in [-0.05, 0) is 122 Å². The Morgan fingerprint density at radius 2 is 1.05 bits per heavy atom. The molecule has 1 aromatic heterocycles. The van der Waals surface area contributed by atoms with Crippen LogP contribution in [0.5, 0.6) is 0 Å². The molecule has 308 valence electrons. The molecule has 0 atom stereocenters. The molecule has 1 aliphatic carbocycles. The second-order valence-electron chi connectivity index (χ2n) is 19.6. The van der Waals surface area contributed by atoms with E-state index in [4.69, 9.17) is 4.42 Å². The Morgan fingerprint density at radius 3 is 1.79 bits per heavy atom. The van der Waals surface area contributed by atoms with E-state index in [1.54, 1.807) is 0 Å². The molecular formula is C60H57NO. The Bertz CT molecular complexity index is 3050. The van der Waals surface area contributed by atoms with Gasteiger partial charge in [0.1, 0.15) is 11.2 Å². The molecule has 1 fully saturated rings. The second kappa shape index (κ2) is 15.8. The highest BCUT2D eigenvalue weighted by molar-refractivity contribution is 6.07. The summed E-state index contributed by atoms with van der Waals surface area (Å²) in [5.41, 5.74) is 16.7. The monoisotopic (exact) mass is 807 g/mol. The van der Waals surface area contributed by atoms with Crippen molar-refractivity contribution in [3.63, 3.8) is 0 Å². The molecule has 0 saturated heterocycles. The number of hydrogen-bond acceptors (Lipinski definition) is 2. The first-order valence-corrected chi connectivity index (χ1v) is 22.7. The predicted molar refractivity (Wildman–Crippen MR) is 265 cm³/mol. The van der Waals surface area contributed by atoms with Crippen LogP contribution in [-0.2, 0) is 10.8 Å². The average molecular weight is 808 g/mol. The minimum atomic E-state index is -0.0165. The standard InChI is InChI=1S/C60H57NO/c1-59(2,3)45-35-44(36-46(39-45)60(4,5)6)48-25-10-13-30-54(48)61(47-24-16-23-42(37-47)43-33-34-57-53(38-43)51-27-12-15-32-56(51)62-57)55-31-14-11-26-50(55)52-29-18-22-41-21-17-28-49(58(41)52)40-19-8-7-9-20-40/h10-18,21-40H,7-9,19-20H2,1-6H3. The molecule has 9 aromatic rings. The highest BCUT2D eigenvalue weighted by Gasteiger charge is 2.26. The van der Waals surface area contributed by atoms with Gasteiger partial charge in [0.25, 0.3) is 0 Å². The molecule has 10 rings (SSSR count). The van der Waals surface area contributed by atoms with Crippen molar-refractivity contribution < 1.29 is 4.42 Å². The van der Waals surface area contributed by atoms with E-state index < -0.39 is 0 Å². The molecule has 0 radical (unpaired) electrons. The maximum absolute atomic E-state index is 6.26. The van der Waals surface area contributed by atoms with Gasteiger partial charge in [0.2, 0.25) is 0 Å². The Morgan fingerprint density at radius 1 is 0.452 bits per heavy atom. The summed E-state index contributed by atoms with van der Waals surface area (Å²) in [6.07, 6.45) is 6.46. The van der Waals surface area contributed by atoms with Crippen molar-refractivity contribution in [2.24, 2.45) is 0 Å². The Hall–Kier alpha value is -6.38. The summed E-state index contributed by atoms with van der Waals surface area (Å²) in [6.45, 7) is 14.0. The molecule has 0 aliphatic heterocycles. The average Bonchev–Trinajstić information content (AvgIpc) is 3.67. The first kappa shape index (κ1) is 39.7. The van der Waals surface area contributed by atoms with E-state index >= 15 is 0 Å². The van der Waals surface area contributed by atoms with Gasteiger partial charge in [-0.2, -0.15) is 0 Å². The minimum absolute atomic E-state index is 0.0165. The molecule has 2 nitrogen and oxygen atoms in total. The summed E-state index contributed by atoms with van der Waals surface area (Å²) in [5, 5.41) is 4.98. The lowest BCUT2D eigenvalue weighted by Gasteiger charge is -2.32. The van der Waals surface area contributed by atoms with Gasteiger partial charge in [0.15, 0.2) is 0 Å². The maximum Gasteiger partial charge on any atom is 0.135 e. The smallest absolute Gasteiger partial charge is 0.135 e. The van der Waals surface area contributed by atoms with Gasteiger partial charge in [-0.3, -0.25) is 0 Å². The number of fused-ring (bicyclic) bond motifs is 4. The van der Waals surface area contributed by atoms with Crippen molar-refractivity contribution in [3.8, 4) is 33.4 Å². The third-order valence-electron chi connectivity index (χ3n) is 13.4. The largest absolute Gasteiger partial charge is 0.456 e. The SMILES string of the molecule is CC(C)(C)c1cc(-c2ccccc2N(c2cccc(-c3ccc4oc5ccccc5c4c3)c2)c2ccccc2-c2cccc3cccc(C4CCCCC4)c23)cc(C(C)(C)C)c1. The van der Waals surface area contributed by atoms with Crippen LogP contribution in [0, 0.1) is 0 Å². The fourth-order valence-corrected chi connectivity index (χ4v) is 9.94. The lowest BCUT2D eigenvalue weighted by Crippen LogP contribution is -2.17. The fourth-order valence-electron chi connectivity index (χ4n) is 9.94. The molecule has 0 amide bonds. The summed E-state index contributed by atoms with van der Waals surface area (Å²) in [5.74, 6) is 0.575. The van der Waals surface area contributed by atoms with E-state index in [-0.39, 0.29) is 10.8 Å². The number of benzene rings is 8. The van der Waals surface area contributed by atoms with Gasteiger partial charge >= 0.3 is 0 Å². The molecule has 0 spiro atoms. The van der Waals surface area contributed by atoms with Crippen LogP contribution in [0.1, 0.15) is 96.3 Å². The first-order valence-electron chi connectivity index (χ1n) is 22.7. The van der Waals surface area contributed by atoms with E-state index in [0.717, 1.165) is 50.1 Å². The van der Waals surface area contributed by atoms with Gasteiger partial charge in [-0.1, -0.05) is 188 Å². The van der Waals surface area contributed by atoms with E-state index in [2.05, 4.69) is 210 Å². The van der Waals surface area contributed by atoms with Crippen LogP contribution in [0.4, 0.5) is 17.1 Å². The first-order chi connectivity index (χ1) is 30.0. The van der Waals surface area contributed by atoms with Crippen LogP contribution in [0.15, 0.2) is 174 Å². The van der Waals surface area contributed by atoms with Crippen molar-refractivity contribution in [2.75, 3.05) is 4.90 Å². The van der Waals surface area contributed by atoms with Crippen LogP contribution in [0.25, 0.3) is 66.1 Å². The third kappa shape index (κ3) is 7.40. The van der Waals surface area contributed by atoms with E-state index in [1.807, 2.05) is 6.07 Å². The van der Waals surface area contributed by atoms with Crippen molar-refractivity contribution in [2.45, 2.75) is 90.4 Å². The third-order valence-corrected chi connectivity index (χ3v) is 13.4. The number of para-hydroxylation sites is 3. The van der Waals surface area contributed by atoms with E-state index in [1.165, 1.54) is 81.8 Å². The summed E-state index contributed by atoms with van der Waals surface area (Å²) >= 11 is 0. The Kier molecular flexibility index (Phi) is 10.1. The van der Waals surface area contributed by atoms with Crippen molar-refractivity contribution in [1.82, 2.24) is 0 Å². The number of rotatable bonds is 7. The zero-order chi connectivity index (χ0) is 42.6. The molecule has 1 heterocycles. The van der Waals surface area contributed by atoms with Gasteiger partial charge in [0, 0.05) is 27.6 Å².